The van der Waals surface area contributed by atoms with Crippen molar-refractivity contribution in [2.45, 2.75) is 19.6 Å². The molecule has 1 heterocycles. The van der Waals surface area contributed by atoms with Crippen LogP contribution in [0.4, 0.5) is 5.69 Å². The zero-order valence-electron chi connectivity index (χ0n) is 13.5. The van der Waals surface area contributed by atoms with Crippen molar-refractivity contribution in [2.75, 3.05) is 0 Å². The highest BCUT2D eigenvalue weighted by Gasteiger charge is 2.45. The molecule has 2 aromatic rings. The Morgan fingerprint density at radius 1 is 1.28 bits per heavy atom. The topological polar surface area (TPSA) is 85.0 Å². The number of halogens is 1. The third-order valence-electron chi connectivity index (χ3n) is 3.87. The van der Waals surface area contributed by atoms with Crippen molar-refractivity contribution in [2.24, 2.45) is 5.10 Å². The largest absolute Gasteiger partial charge is 0.443 e. The van der Waals surface area contributed by atoms with Gasteiger partial charge in [-0.15, -0.1) is 5.10 Å². The highest BCUT2D eigenvalue weighted by molar-refractivity contribution is 9.10. The second-order valence-electron chi connectivity index (χ2n) is 5.64. The molecular formula is C17H14BrN3O4. The van der Waals surface area contributed by atoms with Crippen molar-refractivity contribution >= 4 is 33.4 Å². The molecule has 1 amide bonds. The fourth-order valence-corrected chi connectivity index (χ4v) is 2.88. The van der Waals surface area contributed by atoms with Gasteiger partial charge in [-0.1, -0.05) is 34.1 Å². The predicted octanol–water partition coefficient (Wildman–Crippen LogP) is 3.77. The van der Waals surface area contributed by atoms with Crippen LogP contribution in [-0.4, -0.2) is 21.7 Å². The van der Waals surface area contributed by atoms with Gasteiger partial charge in [-0.05, 0) is 18.2 Å². The van der Waals surface area contributed by atoms with Gasteiger partial charge in [-0.25, -0.2) is 0 Å². The number of nitro groups is 1. The van der Waals surface area contributed by atoms with Crippen molar-refractivity contribution in [1.82, 2.24) is 5.01 Å². The quantitative estimate of drug-likeness (QED) is 0.576. The highest BCUT2D eigenvalue weighted by Crippen LogP contribution is 2.37. The molecule has 1 atom stereocenters. The fourth-order valence-electron chi connectivity index (χ4n) is 2.62. The van der Waals surface area contributed by atoms with E-state index in [4.69, 9.17) is 4.74 Å². The molecule has 0 fully saturated rings. The summed E-state index contributed by atoms with van der Waals surface area (Å²) in [5.41, 5.74) is -0.0428. The van der Waals surface area contributed by atoms with Crippen LogP contribution in [0.5, 0.6) is 0 Å². The van der Waals surface area contributed by atoms with Gasteiger partial charge in [0, 0.05) is 41.6 Å². The van der Waals surface area contributed by atoms with Gasteiger partial charge >= 0.3 is 0 Å². The maximum atomic E-state index is 12.1. The number of hydrazone groups is 1. The van der Waals surface area contributed by atoms with E-state index in [-0.39, 0.29) is 17.5 Å². The second kappa shape index (κ2) is 6.29. The summed E-state index contributed by atoms with van der Waals surface area (Å²) < 4.78 is 6.88. The van der Waals surface area contributed by atoms with Crippen molar-refractivity contribution in [3.8, 4) is 0 Å². The van der Waals surface area contributed by atoms with E-state index >= 15 is 0 Å². The second-order valence-corrected chi connectivity index (χ2v) is 6.55. The van der Waals surface area contributed by atoms with Crippen molar-refractivity contribution in [1.29, 1.82) is 0 Å². The zero-order chi connectivity index (χ0) is 18.2. The standard InChI is InChI=1S/C17H14BrN3O4/c1-11(22)20-17(2,13-6-8-14(18)9-7-13)25-16(19-20)12-4-3-5-15(10-12)21(23)24/h3-10H,1-2H3. The molecule has 0 saturated heterocycles. The Morgan fingerprint density at radius 2 is 1.96 bits per heavy atom. The van der Waals surface area contributed by atoms with E-state index in [1.807, 2.05) is 24.3 Å². The molecule has 0 radical (unpaired) electrons. The number of hydrogen-bond donors (Lipinski definition) is 0. The lowest BCUT2D eigenvalue weighted by molar-refractivity contribution is -0.384. The first-order valence-electron chi connectivity index (χ1n) is 7.40. The average molecular weight is 404 g/mol. The lowest BCUT2D eigenvalue weighted by Gasteiger charge is -2.31. The number of carbonyl (C=O) groups is 1. The van der Waals surface area contributed by atoms with Crippen LogP contribution in [0.2, 0.25) is 0 Å². The van der Waals surface area contributed by atoms with Crippen molar-refractivity contribution < 1.29 is 14.5 Å². The molecule has 0 aromatic heterocycles. The average Bonchev–Trinajstić information content (AvgIpc) is 2.95. The van der Waals surface area contributed by atoms with E-state index < -0.39 is 10.6 Å². The number of nitrogens with zero attached hydrogens (tertiary/aromatic N) is 3. The van der Waals surface area contributed by atoms with Gasteiger partial charge < -0.3 is 4.74 Å². The molecule has 0 spiro atoms. The summed E-state index contributed by atoms with van der Waals surface area (Å²) in [4.78, 5) is 22.6. The molecule has 0 bridgehead atoms. The third kappa shape index (κ3) is 3.12. The number of non-ortho nitro benzene ring substituents is 1. The number of ether oxygens (including phenoxy) is 1. The van der Waals surface area contributed by atoms with Gasteiger partial charge in [0.05, 0.1) is 4.92 Å². The summed E-state index contributed by atoms with van der Waals surface area (Å²) >= 11 is 3.37. The normalized spacial score (nSPS) is 19.3. The molecular weight excluding hydrogens is 390 g/mol. The molecule has 0 saturated carbocycles. The summed E-state index contributed by atoms with van der Waals surface area (Å²) in [7, 11) is 0. The number of rotatable bonds is 3. The first kappa shape index (κ1) is 17.1. The van der Waals surface area contributed by atoms with Crippen molar-refractivity contribution in [3.63, 3.8) is 0 Å². The number of benzene rings is 2. The lowest BCUT2D eigenvalue weighted by atomic mass is 10.0. The smallest absolute Gasteiger partial charge is 0.270 e. The SMILES string of the molecule is CC(=O)N1N=C(c2cccc([N+](=O)[O-])c2)OC1(C)c1ccc(Br)cc1. The van der Waals surface area contributed by atoms with Gasteiger partial charge in [-0.3, -0.25) is 14.9 Å². The van der Waals surface area contributed by atoms with E-state index in [9.17, 15) is 14.9 Å². The zero-order valence-corrected chi connectivity index (χ0v) is 15.1. The Balaban J connectivity index is 2.03. The molecule has 1 aliphatic heterocycles. The molecule has 8 heteroatoms. The number of hydrogen-bond acceptors (Lipinski definition) is 5. The minimum atomic E-state index is -1.13. The Bertz CT molecular complexity index is 882. The van der Waals surface area contributed by atoms with Crippen LogP contribution in [0, 0.1) is 10.1 Å². The van der Waals surface area contributed by atoms with Crippen LogP contribution in [-0.2, 0) is 15.3 Å². The predicted molar refractivity (Wildman–Crippen MR) is 94.7 cm³/mol. The first-order valence-corrected chi connectivity index (χ1v) is 8.20. The summed E-state index contributed by atoms with van der Waals surface area (Å²) in [5.74, 6) is -0.143. The maximum Gasteiger partial charge on any atom is 0.270 e. The van der Waals surface area contributed by atoms with Crippen LogP contribution in [0.3, 0.4) is 0 Å². The molecule has 3 rings (SSSR count). The van der Waals surface area contributed by atoms with Crippen molar-refractivity contribution in [3.05, 3.63) is 74.2 Å². The van der Waals surface area contributed by atoms with Gasteiger partial charge in [0.15, 0.2) is 0 Å². The lowest BCUT2D eigenvalue weighted by Crippen LogP contribution is -2.41. The Labute approximate surface area is 152 Å². The monoisotopic (exact) mass is 403 g/mol. The van der Waals surface area contributed by atoms with Crippen LogP contribution in [0.1, 0.15) is 25.0 Å². The number of carbonyl (C=O) groups excluding carboxylic acids is 1. The molecule has 0 N–H and O–H groups in total. The Morgan fingerprint density at radius 3 is 2.56 bits per heavy atom. The summed E-state index contributed by atoms with van der Waals surface area (Å²) in [5, 5.41) is 16.5. The Hall–Kier alpha value is -2.74. The third-order valence-corrected chi connectivity index (χ3v) is 4.40. The highest BCUT2D eigenvalue weighted by atomic mass is 79.9. The summed E-state index contributed by atoms with van der Waals surface area (Å²) in [6.07, 6.45) is 0. The fraction of sp³-hybridized carbons (Fsp3) is 0.176. The number of amides is 1. The molecule has 7 nitrogen and oxygen atoms in total. The van der Waals surface area contributed by atoms with Gasteiger partial charge in [0.1, 0.15) is 0 Å². The minimum Gasteiger partial charge on any atom is -0.443 e. The van der Waals surface area contributed by atoms with Crippen LogP contribution in [0.15, 0.2) is 58.1 Å². The molecule has 2 aromatic carbocycles. The summed E-state index contributed by atoms with van der Waals surface area (Å²) in [6.45, 7) is 3.12. The maximum absolute atomic E-state index is 12.1. The van der Waals surface area contributed by atoms with Gasteiger partial charge in [0.2, 0.25) is 17.5 Å². The van der Waals surface area contributed by atoms with E-state index in [0.717, 1.165) is 10.0 Å². The van der Waals surface area contributed by atoms with Crippen LogP contribution >= 0.6 is 15.9 Å². The molecule has 1 aliphatic rings. The summed E-state index contributed by atoms with van der Waals surface area (Å²) in [6, 6.07) is 13.3. The van der Waals surface area contributed by atoms with E-state index in [0.29, 0.717) is 5.56 Å². The van der Waals surface area contributed by atoms with Gasteiger partial charge in [0.25, 0.3) is 5.69 Å². The van der Waals surface area contributed by atoms with E-state index in [1.54, 1.807) is 19.1 Å². The first-order chi connectivity index (χ1) is 11.8. The molecule has 128 valence electrons. The van der Waals surface area contributed by atoms with E-state index in [2.05, 4.69) is 21.0 Å². The molecule has 25 heavy (non-hydrogen) atoms. The van der Waals surface area contributed by atoms with Crippen LogP contribution in [0.25, 0.3) is 0 Å². The molecule has 0 aliphatic carbocycles. The Kier molecular flexibility index (Phi) is 4.30. The van der Waals surface area contributed by atoms with Gasteiger partial charge in [-0.2, -0.15) is 5.01 Å². The van der Waals surface area contributed by atoms with E-state index in [1.165, 1.54) is 24.1 Å². The number of nitro benzene ring substituents is 1. The minimum absolute atomic E-state index is 0.0737. The molecule has 1 unspecified atom stereocenters. The van der Waals surface area contributed by atoms with Crippen LogP contribution < -0.4 is 0 Å².